The Kier molecular flexibility index (Phi) is 4.35. The quantitative estimate of drug-likeness (QED) is 0.570. The second-order valence-corrected chi connectivity index (χ2v) is 6.51. The van der Waals surface area contributed by atoms with E-state index >= 15 is 0 Å². The highest BCUT2D eigenvalue weighted by atomic mass is 35.5. The molecule has 0 radical (unpaired) electrons. The molecular weight excluding hydrogens is 336 g/mol. The van der Waals surface area contributed by atoms with Crippen molar-refractivity contribution in [3.05, 3.63) is 39.9 Å². The Morgan fingerprint density at radius 3 is 3.00 bits per heavy atom. The molecule has 2 aromatic rings. The Labute approximate surface area is 142 Å². The van der Waals surface area contributed by atoms with Gasteiger partial charge in [-0.3, -0.25) is 0 Å². The van der Waals surface area contributed by atoms with Crippen LogP contribution in [0.3, 0.4) is 0 Å². The number of hydrogen-bond donors (Lipinski definition) is 3. The molecule has 0 saturated carbocycles. The van der Waals surface area contributed by atoms with Gasteiger partial charge < -0.3 is 21.7 Å². The van der Waals surface area contributed by atoms with Gasteiger partial charge in [0.05, 0.1) is 12.2 Å². The predicted molar refractivity (Wildman–Crippen MR) is 92.2 cm³/mol. The number of anilines is 1. The molecule has 3 rings (SSSR count). The number of nitrogens with zero attached hydrogens (tertiary/aromatic N) is 3. The number of fused-ring (bicyclic) bond motifs is 1. The van der Waals surface area contributed by atoms with E-state index in [-0.39, 0.29) is 12.0 Å². The van der Waals surface area contributed by atoms with Crippen molar-refractivity contribution in [1.82, 2.24) is 9.88 Å². The lowest BCUT2D eigenvalue weighted by molar-refractivity contribution is 0.207. The van der Waals surface area contributed by atoms with Crippen molar-refractivity contribution in [3.8, 4) is 0 Å². The summed E-state index contributed by atoms with van der Waals surface area (Å²) in [5.74, 6) is -0.0216. The average Bonchev–Trinajstić information content (AvgIpc) is 2.87. The molecule has 1 aromatic heterocycles. The van der Waals surface area contributed by atoms with Crippen LogP contribution in [0.2, 0.25) is 5.02 Å². The number of nitrogens with two attached hydrogens (primary N) is 2. The Balaban J connectivity index is 1.70. The normalized spacial score (nSPS) is 13.3. The first kappa shape index (κ1) is 15.6. The van der Waals surface area contributed by atoms with Gasteiger partial charge in [-0.05, 0) is 18.2 Å². The van der Waals surface area contributed by atoms with Crippen LogP contribution in [0.4, 0.5) is 15.6 Å². The fourth-order valence-corrected chi connectivity index (χ4v) is 3.49. The summed E-state index contributed by atoms with van der Waals surface area (Å²) in [6, 6.07) is 6.87. The number of rotatable bonds is 2. The minimum Gasteiger partial charge on any atom is -0.370 e. The topological polar surface area (TPSA) is 110 Å². The number of guanidine groups is 1. The van der Waals surface area contributed by atoms with Gasteiger partial charge in [0.1, 0.15) is 0 Å². The highest BCUT2D eigenvalue weighted by Gasteiger charge is 2.24. The summed E-state index contributed by atoms with van der Waals surface area (Å²) in [5.41, 5.74) is 12.3. The van der Waals surface area contributed by atoms with Crippen LogP contribution in [-0.2, 0) is 13.0 Å². The van der Waals surface area contributed by atoms with Gasteiger partial charge in [0.15, 0.2) is 5.96 Å². The van der Waals surface area contributed by atoms with Crippen molar-refractivity contribution < 1.29 is 4.79 Å². The first-order chi connectivity index (χ1) is 11.0. The number of benzene rings is 1. The van der Waals surface area contributed by atoms with Crippen molar-refractivity contribution in [2.45, 2.75) is 13.0 Å². The SMILES string of the molecule is NC(N)=Nc1nc2c(s1)CN(C(=O)Nc1cccc(Cl)c1)CC2. The van der Waals surface area contributed by atoms with E-state index in [4.69, 9.17) is 23.1 Å². The monoisotopic (exact) mass is 350 g/mol. The van der Waals surface area contributed by atoms with E-state index in [2.05, 4.69) is 15.3 Å². The van der Waals surface area contributed by atoms with Gasteiger partial charge in [-0.2, -0.15) is 4.99 Å². The highest BCUT2D eigenvalue weighted by Crippen LogP contribution is 2.30. The largest absolute Gasteiger partial charge is 0.370 e. The summed E-state index contributed by atoms with van der Waals surface area (Å²) in [7, 11) is 0. The molecular formula is C14H15ClN6OS. The Morgan fingerprint density at radius 2 is 2.26 bits per heavy atom. The molecule has 0 bridgehead atoms. The maximum atomic E-state index is 12.4. The van der Waals surface area contributed by atoms with Crippen LogP contribution in [0.25, 0.3) is 0 Å². The van der Waals surface area contributed by atoms with E-state index in [9.17, 15) is 4.79 Å². The van der Waals surface area contributed by atoms with Crippen LogP contribution in [0.5, 0.6) is 0 Å². The number of amides is 2. The molecule has 1 aliphatic heterocycles. The molecule has 0 atom stereocenters. The first-order valence-electron chi connectivity index (χ1n) is 6.91. The fourth-order valence-electron chi connectivity index (χ4n) is 2.28. The number of halogens is 1. The van der Waals surface area contributed by atoms with Gasteiger partial charge in [-0.1, -0.05) is 29.0 Å². The smallest absolute Gasteiger partial charge is 0.322 e. The van der Waals surface area contributed by atoms with E-state index in [0.29, 0.717) is 35.4 Å². The maximum Gasteiger partial charge on any atom is 0.322 e. The maximum absolute atomic E-state index is 12.4. The average molecular weight is 351 g/mol. The van der Waals surface area contributed by atoms with Gasteiger partial charge in [0, 0.05) is 28.6 Å². The third-order valence-corrected chi connectivity index (χ3v) is 4.52. The number of hydrogen-bond acceptors (Lipinski definition) is 4. The molecule has 0 spiro atoms. The summed E-state index contributed by atoms with van der Waals surface area (Å²) < 4.78 is 0. The Morgan fingerprint density at radius 1 is 1.43 bits per heavy atom. The van der Waals surface area contributed by atoms with Crippen molar-refractivity contribution in [3.63, 3.8) is 0 Å². The zero-order chi connectivity index (χ0) is 16.4. The van der Waals surface area contributed by atoms with Crippen molar-refractivity contribution in [2.75, 3.05) is 11.9 Å². The highest BCUT2D eigenvalue weighted by molar-refractivity contribution is 7.15. The molecule has 0 unspecified atom stereocenters. The molecule has 1 aliphatic rings. The lowest BCUT2D eigenvalue weighted by atomic mass is 10.2. The van der Waals surface area contributed by atoms with Gasteiger partial charge in [0.2, 0.25) is 5.13 Å². The third kappa shape index (κ3) is 3.72. The van der Waals surface area contributed by atoms with Gasteiger partial charge in [-0.25, -0.2) is 9.78 Å². The molecule has 120 valence electrons. The van der Waals surface area contributed by atoms with Crippen LogP contribution in [-0.4, -0.2) is 28.4 Å². The third-order valence-electron chi connectivity index (χ3n) is 3.31. The molecule has 23 heavy (non-hydrogen) atoms. The van der Waals surface area contributed by atoms with Crippen LogP contribution >= 0.6 is 22.9 Å². The minimum absolute atomic E-state index is 0.0216. The van der Waals surface area contributed by atoms with Gasteiger partial charge in [0.25, 0.3) is 0 Å². The summed E-state index contributed by atoms with van der Waals surface area (Å²) in [6.45, 7) is 1.07. The number of urea groups is 1. The summed E-state index contributed by atoms with van der Waals surface area (Å²) in [4.78, 5) is 23.4. The summed E-state index contributed by atoms with van der Waals surface area (Å²) in [5, 5.41) is 3.94. The van der Waals surface area contributed by atoms with E-state index in [1.165, 1.54) is 11.3 Å². The lowest BCUT2D eigenvalue weighted by Gasteiger charge is -2.26. The van der Waals surface area contributed by atoms with Crippen molar-refractivity contribution >= 4 is 45.7 Å². The number of carbonyl (C=O) groups excluding carboxylic acids is 1. The number of aromatic nitrogens is 1. The fraction of sp³-hybridized carbons (Fsp3) is 0.214. The molecule has 5 N–H and O–H groups in total. The molecule has 0 fully saturated rings. The number of carbonyl (C=O) groups is 1. The van der Waals surface area contributed by atoms with E-state index in [0.717, 1.165) is 10.6 Å². The summed E-state index contributed by atoms with van der Waals surface area (Å²) >= 11 is 7.31. The van der Waals surface area contributed by atoms with Gasteiger partial charge >= 0.3 is 6.03 Å². The Hall–Kier alpha value is -2.32. The van der Waals surface area contributed by atoms with Crippen LogP contribution < -0.4 is 16.8 Å². The second kappa shape index (κ2) is 6.43. The zero-order valence-corrected chi connectivity index (χ0v) is 13.7. The number of thiazole rings is 1. The van der Waals surface area contributed by atoms with Crippen LogP contribution in [0.15, 0.2) is 29.3 Å². The van der Waals surface area contributed by atoms with Gasteiger partial charge in [-0.15, -0.1) is 0 Å². The van der Waals surface area contributed by atoms with Crippen molar-refractivity contribution in [2.24, 2.45) is 16.5 Å². The zero-order valence-electron chi connectivity index (χ0n) is 12.1. The molecule has 9 heteroatoms. The second-order valence-electron chi connectivity index (χ2n) is 5.02. The standard InChI is InChI=1S/C14H15ClN6OS/c15-8-2-1-3-9(6-8)18-14(22)21-5-4-10-11(7-21)23-13(19-10)20-12(16)17/h1-3,6H,4-5,7H2,(H,18,22)(H4,16,17,19,20). The molecule has 1 aromatic carbocycles. The van der Waals surface area contributed by atoms with E-state index in [1.54, 1.807) is 29.2 Å². The molecule has 2 heterocycles. The van der Waals surface area contributed by atoms with Crippen LogP contribution in [0, 0.1) is 0 Å². The summed E-state index contributed by atoms with van der Waals surface area (Å²) in [6.07, 6.45) is 0.675. The number of nitrogens with one attached hydrogen (secondary N) is 1. The predicted octanol–water partition coefficient (Wildman–Crippen LogP) is 2.29. The van der Waals surface area contributed by atoms with Crippen LogP contribution in [0.1, 0.15) is 10.6 Å². The van der Waals surface area contributed by atoms with Crippen molar-refractivity contribution in [1.29, 1.82) is 0 Å². The van der Waals surface area contributed by atoms with E-state index in [1.807, 2.05) is 0 Å². The lowest BCUT2D eigenvalue weighted by Crippen LogP contribution is -2.38. The molecule has 2 amide bonds. The first-order valence-corrected chi connectivity index (χ1v) is 8.10. The number of aliphatic imine (C=N–C) groups is 1. The minimum atomic E-state index is -0.172. The molecule has 7 nitrogen and oxygen atoms in total. The van der Waals surface area contributed by atoms with E-state index < -0.39 is 0 Å². The Bertz CT molecular complexity index is 770. The molecule has 0 saturated heterocycles. The molecule has 0 aliphatic carbocycles.